The Balaban J connectivity index is 0.00000102. The van der Waals surface area contributed by atoms with E-state index in [2.05, 4.69) is 28.6 Å². The van der Waals surface area contributed by atoms with E-state index >= 15 is 0 Å². The summed E-state index contributed by atoms with van der Waals surface area (Å²) in [6, 6.07) is 4.21. The van der Waals surface area contributed by atoms with Gasteiger partial charge in [0.25, 0.3) is 0 Å². The number of nitrogens with zero attached hydrogens (tertiary/aromatic N) is 5. The highest BCUT2D eigenvalue weighted by Crippen LogP contribution is 2.30. The second kappa shape index (κ2) is 8.99. The monoisotopic (exact) mass is 393 g/mol. The number of morpholine rings is 2. The summed E-state index contributed by atoms with van der Waals surface area (Å²) in [5, 5.41) is 1.36. The quantitative estimate of drug-likeness (QED) is 0.726. The molecule has 0 saturated carbocycles. The van der Waals surface area contributed by atoms with E-state index < -0.39 is 0 Å². The van der Waals surface area contributed by atoms with Gasteiger partial charge in [-0.05, 0) is 26.0 Å². The van der Waals surface area contributed by atoms with Crippen LogP contribution in [0.4, 0.5) is 11.8 Å². The highest BCUT2D eigenvalue weighted by molar-refractivity contribution is 6.29. The van der Waals surface area contributed by atoms with E-state index in [1.54, 1.807) is 6.07 Å². The predicted molar refractivity (Wildman–Crippen MR) is 109 cm³/mol. The number of halogens is 1. The molecule has 0 radical (unpaired) electrons. The fourth-order valence-corrected chi connectivity index (χ4v) is 3.52. The minimum absolute atomic E-state index is 0.223. The molecule has 0 amide bonds. The van der Waals surface area contributed by atoms with Gasteiger partial charge in [0.05, 0.1) is 43.9 Å². The smallest absolute Gasteiger partial charge is 0.229 e. The molecule has 0 spiro atoms. The van der Waals surface area contributed by atoms with Gasteiger partial charge in [-0.15, -0.1) is 0 Å². The summed E-state index contributed by atoms with van der Waals surface area (Å²) in [4.78, 5) is 18.5. The zero-order valence-electron chi connectivity index (χ0n) is 16.5. The summed E-state index contributed by atoms with van der Waals surface area (Å²) in [6.45, 7) is 12.6. The van der Waals surface area contributed by atoms with Gasteiger partial charge in [0.1, 0.15) is 11.0 Å². The first-order chi connectivity index (χ1) is 13.1. The van der Waals surface area contributed by atoms with Crippen molar-refractivity contribution in [1.29, 1.82) is 0 Å². The number of hydrogen-bond donors (Lipinski definition) is 0. The van der Waals surface area contributed by atoms with Crippen LogP contribution in [0.2, 0.25) is 5.15 Å². The van der Waals surface area contributed by atoms with E-state index in [9.17, 15) is 0 Å². The van der Waals surface area contributed by atoms with Crippen LogP contribution in [-0.2, 0) is 9.47 Å². The fraction of sp³-hybridized carbons (Fsp3) is 0.632. The topological polar surface area (TPSA) is 63.6 Å². The molecule has 148 valence electrons. The van der Waals surface area contributed by atoms with Crippen LogP contribution in [-0.4, -0.2) is 66.6 Å². The van der Waals surface area contributed by atoms with Gasteiger partial charge in [-0.1, -0.05) is 25.4 Å². The third kappa shape index (κ3) is 4.25. The summed E-state index contributed by atoms with van der Waals surface area (Å²) in [5.74, 6) is 1.59. The Morgan fingerprint density at radius 3 is 2.19 bits per heavy atom. The number of hydrogen-bond acceptors (Lipinski definition) is 7. The molecule has 0 aromatic carbocycles. The largest absolute Gasteiger partial charge is 0.377 e. The van der Waals surface area contributed by atoms with Gasteiger partial charge < -0.3 is 19.3 Å². The molecule has 4 heterocycles. The Bertz CT molecular complexity index is 775. The van der Waals surface area contributed by atoms with Gasteiger partial charge in [-0.25, -0.2) is 4.98 Å². The minimum atomic E-state index is 0.223. The molecular formula is C19H28ClN5O2. The first-order valence-electron chi connectivity index (χ1n) is 9.66. The highest BCUT2D eigenvalue weighted by atomic mass is 35.5. The first-order valence-corrected chi connectivity index (χ1v) is 10.0. The SMILES string of the molecule is CC.C[C@H]1COCCN1c1nc(N2CCOC[C@@H]2C)c2ccc(Cl)nc2n1. The number of rotatable bonds is 2. The maximum Gasteiger partial charge on any atom is 0.229 e. The molecule has 2 aliphatic rings. The molecule has 0 aliphatic carbocycles. The van der Waals surface area contributed by atoms with Crippen molar-refractivity contribution >= 4 is 34.4 Å². The summed E-state index contributed by atoms with van der Waals surface area (Å²) < 4.78 is 11.1. The van der Waals surface area contributed by atoms with Crippen molar-refractivity contribution in [3.05, 3.63) is 17.3 Å². The van der Waals surface area contributed by atoms with E-state index in [0.717, 1.165) is 24.3 Å². The fourth-order valence-electron chi connectivity index (χ4n) is 3.37. The Morgan fingerprint density at radius 1 is 0.926 bits per heavy atom. The van der Waals surface area contributed by atoms with E-state index in [-0.39, 0.29) is 12.1 Å². The number of ether oxygens (including phenoxy) is 2. The second-order valence-electron chi connectivity index (χ2n) is 6.59. The van der Waals surface area contributed by atoms with Crippen LogP contribution < -0.4 is 9.80 Å². The number of aromatic nitrogens is 3. The predicted octanol–water partition coefficient (Wildman–Crippen LogP) is 3.15. The lowest BCUT2D eigenvalue weighted by molar-refractivity contribution is 0.0973. The Hall–Kier alpha value is -1.70. The summed E-state index contributed by atoms with van der Waals surface area (Å²) in [6.07, 6.45) is 0. The average Bonchev–Trinajstić information content (AvgIpc) is 2.69. The Labute approximate surface area is 165 Å². The lowest BCUT2D eigenvalue weighted by Crippen LogP contribution is -2.46. The van der Waals surface area contributed by atoms with E-state index in [1.807, 2.05) is 19.9 Å². The van der Waals surface area contributed by atoms with Gasteiger partial charge in [-0.3, -0.25) is 0 Å². The van der Waals surface area contributed by atoms with Crippen molar-refractivity contribution in [3.8, 4) is 0 Å². The van der Waals surface area contributed by atoms with Gasteiger partial charge in [0.15, 0.2) is 5.65 Å². The lowest BCUT2D eigenvalue weighted by Gasteiger charge is -2.37. The highest BCUT2D eigenvalue weighted by Gasteiger charge is 2.27. The number of fused-ring (bicyclic) bond motifs is 1. The van der Waals surface area contributed by atoms with Crippen LogP contribution >= 0.6 is 11.6 Å². The van der Waals surface area contributed by atoms with Crippen LogP contribution in [0.3, 0.4) is 0 Å². The van der Waals surface area contributed by atoms with Gasteiger partial charge in [0.2, 0.25) is 5.95 Å². The van der Waals surface area contributed by atoms with E-state index in [1.165, 1.54) is 0 Å². The molecule has 0 N–H and O–H groups in total. The van der Waals surface area contributed by atoms with Crippen molar-refractivity contribution < 1.29 is 9.47 Å². The van der Waals surface area contributed by atoms with Gasteiger partial charge in [-0.2, -0.15) is 9.97 Å². The molecule has 2 aromatic heterocycles. The van der Waals surface area contributed by atoms with Crippen molar-refractivity contribution in [3.63, 3.8) is 0 Å². The molecule has 2 aromatic rings. The standard InChI is InChI=1S/C17H22ClN5O2.C2H6/c1-11-9-24-7-5-22(11)16-13-3-4-14(18)19-15(13)20-17(21-16)23-6-8-25-10-12(23)2;1-2/h3-4,11-12H,5-10H2,1-2H3;1-2H3/t11-,12-;/m0./s1. The van der Waals surface area contributed by atoms with Crippen LogP contribution in [0.25, 0.3) is 11.0 Å². The number of anilines is 2. The zero-order valence-corrected chi connectivity index (χ0v) is 17.2. The van der Waals surface area contributed by atoms with E-state index in [4.69, 9.17) is 31.0 Å². The molecule has 0 bridgehead atoms. The molecule has 27 heavy (non-hydrogen) atoms. The van der Waals surface area contributed by atoms with Gasteiger partial charge in [0, 0.05) is 13.1 Å². The minimum Gasteiger partial charge on any atom is -0.377 e. The van der Waals surface area contributed by atoms with Crippen molar-refractivity contribution in [2.45, 2.75) is 39.8 Å². The molecule has 2 saturated heterocycles. The average molecular weight is 394 g/mol. The molecule has 2 aliphatic heterocycles. The Morgan fingerprint density at radius 2 is 1.56 bits per heavy atom. The molecule has 4 rings (SSSR count). The summed E-state index contributed by atoms with van der Waals surface area (Å²) in [5.41, 5.74) is 0.630. The third-order valence-electron chi connectivity index (χ3n) is 4.76. The number of pyridine rings is 1. The van der Waals surface area contributed by atoms with Crippen molar-refractivity contribution in [2.75, 3.05) is 49.3 Å². The maximum atomic E-state index is 6.11. The normalized spacial score (nSPS) is 23.1. The second-order valence-corrected chi connectivity index (χ2v) is 6.97. The van der Waals surface area contributed by atoms with Crippen molar-refractivity contribution in [1.82, 2.24) is 15.0 Å². The van der Waals surface area contributed by atoms with Gasteiger partial charge >= 0.3 is 0 Å². The Kier molecular flexibility index (Phi) is 6.68. The summed E-state index contributed by atoms with van der Waals surface area (Å²) >= 11 is 6.11. The molecule has 0 unspecified atom stereocenters. The molecular weight excluding hydrogens is 366 g/mol. The summed E-state index contributed by atoms with van der Waals surface area (Å²) in [7, 11) is 0. The molecule has 7 nitrogen and oxygen atoms in total. The molecule has 8 heteroatoms. The van der Waals surface area contributed by atoms with Crippen LogP contribution in [0.1, 0.15) is 27.7 Å². The first kappa shape index (κ1) is 20.0. The zero-order chi connectivity index (χ0) is 19.4. The van der Waals surface area contributed by atoms with Crippen LogP contribution in [0.5, 0.6) is 0 Å². The third-order valence-corrected chi connectivity index (χ3v) is 4.97. The lowest BCUT2D eigenvalue weighted by atomic mass is 10.2. The molecule has 2 fully saturated rings. The van der Waals surface area contributed by atoms with Crippen LogP contribution in [0, 0.1) is 0 Å². The van der Waals surface area contributed by atoms with E-state index in [0.29, 0.717) is 43.2 Å². The molecule has 2 atom stereocenters. The maximum absolute atomic E-state index is 6.11. The van der Waals surface area contributed by atoms with Crippen molar-refractivity contribution in [2.24, 2.45) is 0 Å². The van der Waals surface area contributed by atoms with Crippen LogP contribution in [0.15, 0.2) is 12.1 Å².